The van der Waals surface area contributed by atoms with E-state index in [1.807, 2.05) is 0 Å². The van der Waals surface area contributed by atoms with Crippen LogP contribution in [0.25, 0.3) is 11.0 Å². The summed E-state index contributed by atoms with van der Waals surface area (Å²) in [6.45, 7) is 5.76. The molecule has 2 aromatic rings. The normalized spacial score (nSPS) is 15.3. The van der Waals surface area contributed by atoms with Crippen LogP contribution in [0.5, 0.6) is 0 Å². The van der Waals surface area contributed by atoms with Gasteiger partial charge in [-0.1, -0.05) is 29.8 Å². The molecule has 1 aromatic carbocycles. The molecule has 1 aliphatic rings. The quantitative estimate of drug-likeness (QED) is 0.817. The van der Waals surface area contributed by atoms with Crippen LogP contribution in [0.2, 0.25) is 0 Å². The van der Waals surface area contributed by atoms with Crippen LogP contribution in [0.15, 0.2) is 21.0 Å². The molecule has 1 fully saturated rings. The van der Waals surface area contributed by atoms with Gasteiger partial charge in [-0.25, -0.2) is 0 Å². The third-order valence-corrected chi connectivity index (χ3v) is 4.47. The fourth-order valence-corrected chi connectivity index (χ4v) is 3.16. The van der Waals surface area contributed by atoms with Gasteiger partial charge < -0.3 is 14.5 Å². The van der Waals surface area contributed by atoms with Gasteiger partial charge >= 0.3 is 0 Å². The number of halogens is 1. The summed E-state index contributed by atoms with van der Waals surface area (Å²) in [5.41, 5.74) is 3.42. The van der Waals surface area contributed by atoms with Crippen molar-refractivity contribution in [2.75, 3.05) is 7.11 Å². The molecule has 0 aliphatic heterocycles. The molecule has 0 saturated heterocycles. The Hall–Kier alpha value is -0.840. The van der Waals surface area contributed by atoms with Gasteiger partial charge in [0.15, 0.2) is 0 Å². The number of methoxy groups -OCH3 is 1. The Labute approximate surface area is 134 Å². The molecule has 0 unspecified atom stereocenters. The summed E-state index contributed by atoms with van der Waals surface area (Å²) in [6, 6.07) is 4.97. The lowest BCUT2D eigenvalue weighted by Gasteiger charge is -2.07. The van der Waals surface area contributed by atoms with Crippen LogP contribution >= 0.6 is 15.9 Å². The number of ether oxygens (including phenoxy) is 1. The van der Waals surface area contributed by atoms with E-state index >= 15 is 0 Å². The summed E-state index contributed by atoms with van der Waals surface area (Å²) in [4.78, 5) is 0. The van der Waals surface area contributed by atoms with E-state index in [9.17, 15) is 0 Å². The van der Waals surface area contributed by atoms with Crippen molar-refractivity contribution < 1.29 is 9.15 Å². The summed E-state index contributed by atoms with van der Waals surface area (Å²) in [5.74, 6) is 1.44. The van der Waals surface area contributed by atoms with Crippen molar-refractivity contribution in [1.29, 1.82) is 0 Å². The number of hydrogen-bond acceptors (Lipinski definition) is 3. The van der Waals surface area contributed by atoms with Crippen molar-refractivity contribution in [3.63, 3.8) is 0 Å². The lowest BCUT2D eigenvalue weighted by atomic mass is 10.00. The van der Waals surface area contributed by atoms with Crippen molar-refractivity contribution in [1.82, 2.24) is 5.32 Å². The summed E-state index contributed by atoms with van der Waals surface area (Å²) < 4.78 is 12.7. The summed E-state index contributed by atoms with van der Waals surface area (Å²) in [7, 11) is 1.73. The van der Waals surface area contributed by atoms with Gasteiger partial charge in [0, 0.05) is 28.6 Å². The molecule has 1 heterocycles. The van der Waals surface area contributed by atoms with E-state index in [-0.39, 0.29) is 0 Å². The first kappa shape index (κ1) is 15.1. The van der Waals surface area contributed by atoms with Gasteiger partial charge in [0.2, 0.25) is 0 Å². The molecule has 1 N–H and O–H groups in total. The van der Waals surface area contributed by atoms with Gasteiger partial charge in [-0.05, 0) is 36.5 Å². The highest BCUT2D eigenvalue weighted by Gasteiger charge is 2.23. The first-order chi connectivity index (χ1) is 10.1. The van der Waals surface area contributed by atoms with E-state index in [4.69, 9.17) is 9.15 Å². The molecule has 0 radical (unpaired) electrons. The molecule has 1 aromatic heterocycles. The Morgan fingerprint density at radius 3 is 2.76 bits per heavy atom. The van der Waals surface area contributed by atoms with Crippen LogP contribution < -0.4 is 5.32 Å². The number of furan rings is 1. The van der Waals surface area contributed by atoms with Crippen LogP contribution in [-0.4, -0.2) is 13.2 Å². The van der Waals surface area contributed by atoms with E-state index in [0.717, 1.165) is 22.4 Å². The highest BCUT2D eigenvalue weighted by molar-refractivity contribution is 9.10. The minimum absolute atomic E-state index is 0.427. The number of nitrogens with one attached hydrogen (secondary N) is 1. The molecule has 1 aliphatic carbocycles. The largest absolute Gasteiger partial charge is 0.459 e. The second kappa shape index (κ2) is 6.11. The Morgan fingerprint density at radius 2 is 2.14 bits per heavy atom. The highest BCUT2D eigenvalue weighted by atomic mass is 79.9. The van der Waals surface area contributed by atoms with Crippen LogP contribution in [-0.2, 0) is 17.9 Å². The van der Waals surface area contributed by atoms with E-state index in [1.54, 1.807) is 7.11 Å². The van der Waals surface area contributed by atoms with Gasteiger partial charge in [-0.15, -0.1) is 0 Å². The maximum atomic E-state index is 6.21. The minimum Gasteiger partial charge on any atom is -0.459 e. The fourth-order valence-electron chi connectivity index (χ4n) is 2.69. The Bertz CT molecular complexity index is 644. The van der Waals surface area contributed by atoms with Crippen molar-refractivity contribution in [2.45, 2.75) is 51.8 Å². The Kier molecular flexibility index (Phi) is 4.38. The predicted octanol–water partition coefficient (Wildman–Crippen LogP) is 4.72. The molecular formula is C17H22BrNO2. The molecule has 4 heteroatoms. The number of fused-ring (bicyclic) bond motifs is 1. The third-order valence-electron chi connectivity index (χ3n) is 4.01. The molecule has 0 atom stereocenters. The maximum absolute atomic E-state index is 6.21. The van der Waals surface area contributed by atoms with E-state index < -0.39 is 0 Å². The zero-order valence-electron chi connectivity index (χ0n) is 12.8. The smallest absolute Gasteiger partial charge is 0.138 e. The SMILES string of the molecule is COCc1c(CNC2CC2)oc2c(C(C)C)cc(Br)cc12. The van der Waals surface area contributed by atoms with Crippen molar-refractivity contribution in [3.8, 4) is 0 Å². The van der Waals surface area contributed by atoms with Crippen LogP contribution in [0.3, 0.4) is 0 Å². The first-order valence-corrected chi connectivity index (χ1v) is 8.35. The lowest BCUT2D eigenvalue weighted by Crippen LogP contribution is -2.15. The lowest BCUT2D eigenvalue weighted by molar-refractivity contribution is 0.183. The average molecular weight is 352 g/mol. The topological polar surface area (TPSA) is 34.4 Å². The molecular weight excluding hydrogens is 330 g/mol. The van der Waals surface area contributed by atoms with Crippen molar-refractivity contribution in [2.24, 2.45) is 0 Å². The number of benzene rings is 1. The summed E-state index contributed by atoms with van der Waals surface area (Å²) in [5, 5.41) is 4.70. The standard InChI is InChI=1S/C17H22BrNO2/c1-10(2)13-6-11(18)7-14-15(9-20-3)16(21-17(13)14)8-19-12-4-5-12/h6-7,10,12,19H,4-5,8-9H2,1-3H3. The van der Waals surface area contributed by atoms with Crippen LogP contribution in [0, 0.1) is 0 Å². The van der Waals surface area contributed by atoms with Crippen molar-refractivity contribution >= 4 is 26.9 Å². The summed E-state index contributed by atoms with van der Waals surface area (Å²) >= 11 is 3.62. The molecule has 0 bridgehead atoms. The van der Waals surface area contributed by atoms with Crippen LogP contribution in [0.1, 0.15) is 49.5 Å². The molecule has 21 heavy (non-hydrogen) atoms. The zero-order valence-corrected chi connectivity index (χ0v) is 14.4. The van der Waals surface area contributed by atoms with Crippen LogP contribution in [0.4, 0.5) is 0 Å². The summed E-state index contributed by atoms with van der Waals surface area (Å²) in [6.07, 6.45) is 2.56. The van der Waals surface area contributed by atoms with Gasteiger partial charge in [-0.3, -0.25) is 0 Å². The zero-order chi connectivity index (χ0) is 15.0. The second-order valence-electron chi connectivity index (χ2n) is 6.12. The maximum Gasteiger partial charge on any atom is 0.138 e. The molecule has 3 rings (SSSR count). The van der Waals surface area contributed by atoms with Gasteiger partial charge in [0.05, 0.1) is 13.2 Å². The van der Waals surface area contributed by atoms with E-state index in [1.165, 1.54) is 29.4 Å². The predicted molar refractivity (Wildman–Crippen MR) is 88.6 cm³/mol. The minimum atomic E-state index is 0.427. The number of hydrogen-bond donors (Lipinski definition) is 1. The molecule has 0 spiro atoms. The van der Waals surface area contributed by atoms with E-state index in [0.29, 0.717) is 18.6 Å². The highest BCUT2D eigenvalue weighted by Crippen LogP contribution is 2.35. The van der Waals surface area contributed by atoms with Gasteiger partial charge in [0.1, 0.15) is 11.3 Å². The second-order valence-corrected chi connectivity index (χ2v) is 7.03. The van der Waals surface area contributed by atoms with Crippen molar-refractivity contribution in [3.05, 3.63) is 33.5 Å². The molecule has 114 valence electrons. The average Bonchev–Trinajstić information content (AvgIpc) is 3.20. The third kappa shape index (κ3) is 3.17. The molecule has 3 nitrogen and oxygen atoms in total. The molecule has 0 amide bonds. The monoisotopic (exact) mass is 351 g/mol. The fraction of sp³-hybridized carbons (Fsp3) is 0.529. The Morgan fingerprint density at radius 1 is 1.38 bits per heavy atom. The van der Waals surface area contributed by atoms with E-state index in [2.05, 4.69) is 47.2 Å². The molecule has 1 saturated carbocycles. The Balaban J connectivity index is 2.07. The van der Waals surface area contributed by atoms with Gasteiger partial charge in [-0.2, -0.15) is 0 Å². The van der Waals surface area contributed by atoms with Gasteiger partial charge in [0.25, 0.3) is 0 Å². The first-order valence-electron chi connectivity index (χ1n) is 7.56. The number of rotatable bonds is 6.